The lowest BCUT2D eigenvalue weighted by molar-refractivity contribution is -0.0253. The highest BCUT2D eigenvalue weighted by Gasteiger charge is 2.18. The lowest BCUT2D eigenvalue weighted by atomic mass is 10.2. The molecular formula is C12H20N2OS. The second-order valence-electron chi connectivity index (χ2n) is 4.15. The average Bonchev–Trinajstić information content (AvgIpc) is 2.82. The van der Waals surface area contributed by atoms with Crippen LogP contribution in [-0.2, 0) is 11.3 Å². The number of nitrogens with zero attached hydrogens (tertiary/aromatic N) is 1. The van der Waals surface area contributed by atoms with Gasteiger partial charge in [-0.2, -0.15) is 11.3 Å². The van der Waals surface area contributed by atoms with Gasteiger partial charge in [-0.25, -0.2) is 0 Å². The van der Waals surface area contributed by atoms with Crippen molar-refractivity contribution in [1.29, 1.82) is 0 Å². The Morgan fingerprint density at radius 3 is 3.31 bits per heavy atom. The van der Waals surface area contributed by atoms with Crippen molar-refractivity contribution < 1.29 is 4.74 Å². The molecule has 1 fully saturated rings. The first-order valence-corrected chi connectivity index (χ1v) is 6.88. The minimum absolute atomic E-state index is 0.354. The Morgan fingerprint density at radius 1 is 1.62 bits per heavy atom. The monoisotopic (exact) mass is 240 g/mol. The summed E-state index contributed by atoms with van der Waals surface area (Å²) in [4.78, 5) is 2.44. The first-order chi connectivity index (χ1) is 7.88. The molecule has 1 N–H and O–H groups in total. The van der Waals surface area contributed by atoms with Crippen LogP contribution >= 0.6 is 11.3 Å². The van der Waals surface area contributed by atoms with Crippen molar-refractivity contribution in [1.82, 2.24) is 10.2 Å². The molecule has 3 nitrogen and oxygen atoms in total. The predicted octanol–water partition coefficient (Wildman–Crippen LogP) is 1.56. The zero-order chi connectivity index (χ0) is 11.2. The number of hydrogen-bond donors (Lipinski definition) is 1. The van der Waals surface area contributed by atoms with Crippen molar-refractivity contribution in [2.24, 2.45) is 0 Å². The molecule has 1 aromatic heterocycles. The Balaban J connectivity index is 1.65. The lowest BCUT2D eigenvalue weighted by Crippen LogP contribution is -2.46. The molecule has 16 heavy (non-hydrogen) atoms. The quantitative estimate of drug-likeness (QED) is 0.845. The first kappa shape index (κ1) is 12.0. The van der Waals surface area contributed by atoms with Crippen molar-refractivity contribution in [3.05, 3.63) is 22.4 Å². The van der Waals surface area contributed by atoms with Crippen molar-refractivity contribution in [3.63, 3.8) is 0 Å². The lowest BCUT2D eigenvalue weighted by Gasteiger charge is -2.32. The van der Waals surface area contributed by atoms with E-state index in [4.69, 9.17) is 4.74 Å². The van der Waals surface area contributed by atoms with E-state index < -0.39 is 0 Å². The molecule has 4 heteroatoms. The van der Waals surface area contributed by atoms with E-state index in [1.54, 1.807) is 11.3 Å². The van der Waals surface area contributed by atoms with Gasteiger partial charge in [0.2, 0.25) is 0 Å². The molecule has 1 unspecified atom stereocenters. The number of nitrogens with one attached hydrogen (secondary N) is 1. The molecule has 0 radical (unpaired) electrons. The van der Waals surface area contributed by atoms with Crippen molar-refractivity contribution in [2.75, 3.05) is 32.8 Å². The third kappa shape index (κ3) is 3.56. The molecule has 1 saturated heterocycles. The Morgan fingerprint density at radius 2 is 2.56 bits per heavy atom. The van der Waals surface area contributed by atoms with Crippen LogP contribution in [0.4, 0.5) is 0 Å². The van der Waals surface area contributed by atoms with Gasteiger partial charge in [-0.15, -0.1) is 0 Å². The highest BCUT2D eigenvalue weighted by atomic mass is 32.1. The van der Waals surface area contributed by atoms with Crippen LogP contribution in [0.1, 0.15) is 12.5 Å². The number of rotatable bonds is 5. The summed E-state index contributed by atoms with van der Waals surface area (Å²) in [5.74, 6) is 0. The molecule has 1 aliphatic heterocycles. The predicted molar refractivity (Wildman–Crippen MR) is 67.9 cm³/mol. The molecule has 90 valence electrons. The van der Waals surface area contributed by atoms with Gasteiger partial charge in [-0.3, -0.25) is 4.90 Å². The standard InChI is InChI=1S/C12H20N2OS/c1-2-14-4-5-15-12(9-14)8-13-7-11-3-6-16-10-11/h3,6,10,12-13H,2,4-5,7-9H2,1H3. The second-order valence-corrected chi connectivity index (χ2v) is 4.93. The molecule has 2 heterocycles. The summed E-state index contributed by atoms with van der Waals surface area (Å²) in [6.07, 6.45) is 0.354. The van der Waals surface area contributed by atoms with Gasteiger partial charge >= 0.3 is 0 Å². The normalized spacial score (nSPS) is 22.4. The summed E-state index contributed by atoms with van der Waals surface area (Å²) in [7, 11) is 0. The summed E-state index contributed by atoms with van der Waals surface area (Å²) in [6, 6.07) is 2.16. The van der Waals surface area contributed by atoms with Gasteiger partial charge in [0.15, 0.2) is 0 Å². The van der Waals surface area contributed by atoms with Crippen molar-refractivity contribution >= 4 is 11.3 Å². The van der Waals surface area contributed by atoms with Crippen LogP contribution in [0.3, 0.4) is 0 Å². The maximum absolute atomic E-state index is 5.73. The fourth-order valence-corrected chi connectivity index (χ4v) is 2.63. The second kappa shape index (κ2) is 6.35. The molecule has 0 aliphatic carbocycles. The van der Waals surface area contributed by atoms with Crippen LogP contribution in [0.25, 0.3) is 0 Å². The van der Waals surface area contributed by atoms with E-state index in [0.717, 1.165) is 39.3 Å². The van der Waals surface area contributed by atoms with Crippen LogP contribution in [0.15, 0.2) is 16.8 Å². The molecular weight excluding hydrogens is 220 g/mol. The van der Waals surface area contributed by atoms with Crippen LogP contribution in [0.2, 0.25) is 0 Å². The summed E-state index contributed by atoms with van der Waals surface area (Å²) in [6.45, 7) is 8.26. The van der Waals surface area contributed by atoms with Crippen LogP contribution < -0.4 is 5.32 Å². The Bertz CT molecular complexity index is 289. The molecule has 1 aromatic rings. The highest BCUT2D eigenvalue weighted by Crippen LogP contribution is 2.06. The van der Waals surface area contributed by atoms with Crippen LogP contribution in [0.5, 0.6) is 0 Å². The third-order valence-electron chi connectivity index (χ3n) is 2.95. The summed E-state index contributed by atoms with van der Waals surface area (Å²) >= 11 is 1.75. The zero-order valence-corrected chi connectivity index (χ0v) is 10.6. The van der Waals surface area contributed by atoms with Gasteiger partial charge in [0.25, 0.3) is 0 Å². The van der Waals surface area contributed by atoms with Crippen LogP contribution in [-0.4, -0.2) is 43.8 Å². The number of likely N-dealkylation sites (N-methyl/N-ethyl adjacent to an activating group) is 1. The first-order valence-electron chi connectivity index (χ1n) is 5.94. The molecule has 1 atom stereocenters. The number of ether oxygens (including phenoxy) is 1. The van der Waals surface area contributed by atoms with E-state index in [2.05, 4.69) is 34.0 Å². The van der Waals surface area contributed by atoms with Gasteiger partial charge in [-0.05, 0) is 28.9 Å². The number of morpholine rings is 1. The van der Waals surface area contributed by atoms with E-state index in [1.807, 2.05) is 0 Å². The molecule has 0 bridgehead atoms. The summed E-state index contributed by atoms with van der Waals surface area (Å²) in [5, 5.41) is 7.76. The fraction of sp³-hybridized carbons (Fsp3) is 0.667. The Kier molecular flexibility index (Phi) is 4.78. The van der Waals surface area contributed by atoms with Crippen LogP contribution in [0, 0.1) is 0 Å². The zero-order valence-electron chi connectivity index (χ0n) is 9.82. The van der Waals surface area contributed by atoms with E-state index in [-0.39, 0.29) is 0 Å². The highest BCUT2D eigenvalue weighted by molar-refractivity contribution is 7.07. The summed E-state index contributed by atoms with van der Waals surface area (Å²) < 4.78 is 5.73. The SMILES string of the molecule is CCN1CCOC(CNCc2ccsc2)C1. The molecule has 2 rings (SSSR count). The average molecular weight is 240 g/mol. The van der Waals surface area contributed by atoms with E-state index in [1.165, 1.54) is 5.56 Å². The molecule has 0 spiro atoms. The fourth-order valence-electron chi connectivity index (χ4n) is 1.96. The van der Waals surface area contributed by atoms with E-state index in [9.17, 15) is 0 Å². The van der Waals surface area contributed by atoms with E-state index in [0.29, 0.717) is 6.10 Å². The topological polar surface area (TPSA) is 24.5 Å². The van der Waals surface area contributed by atoms with Gasteiger partial charge in [-0.1, -0.05) is 6.92 Å². The van der Waals surface area contributed by atoms with Gasteiger partial charge in [0.1, 0.15) is 0 Å². The number of thiophene rings is 1. The molecule has 0 amide bonds. The van der Waals surface area contributed by atoms with Gasteiger partial charge < -0.3 is 10.1 Å². The van der Waals surface area contributed by atoms with Crippen molar-refractivity contribution in [3.8, 4) is 0 Å². The van der Waals surface area contributed by atoms with Gasteiger partial charge in [0, 0.05) is 26.2 Å². The Labute approximate surface area is 101 Å². The molecule has 0 aromatic carbocycles. The smallest absolute Gasteiger partial charge is 0.0826 e. The minimum atomic E-state index is 0.354. The maximum Gasteiger partial charge on any atom is 0.0826 e. The summed E-state index contributed by atoms with van der Waals surface area (Å²) in [5.41, 5.74) is 1.37. The Hall–Kier alpha value is -0.420. The minimum Gasteiger partial charge on any atom is -0.374 e. The number of hydrogen-bond acceptors (Lipinski definition) is 4. The van der Waals surface area contributed by atoms with Crippen molar-refractivity contribution in [2.45, 2.75) is 19.6 Å². The molecule has 0 saturated carbocycles. The third-order valence-corrected chi connectivity index (χ3v) is 3.68. The van der Waals surface area contributed by atoms with Gasteiger partial charge in [0.05, 0.1) is 12.7 Å². The van der Waals surface area contributed by atoms with E-state index >= 15 is 0 Å². The maximum atomic E-state index is 5.73. The molecule has 1 aliphatic rings. The largest absolute Gasteiger partial charge is 0.374 e.